The molecule has 1 aliphatic rings. The summed E-state index contributed by atoms with van der Waals surface area (Å²) in [5, 5.41) is 14.4. The maximum absolute atomic E-state index is 13.3. The summed E-state index contributed by atoms with van der Waals surface area (Å²) in [6.45, 7) is 6.04. The van der Waals surface area contributed by atoms with E-state index in [1.165, 1.54) is 10.9 Å². The number of amides is 1. The highest BCUT2D eigenvalue weighted by Gasteiger charge is 2.45. The molecule has 1 saturated carbocycles. The molecule has 0 spiro atoms. The Morgan fingerprint density at radius 3 is 2.57 bits per heavy atom. The molecule has 1 aliphatic carbocycles. The molecule has 1 atom stereocenters. The number of hydrogen-bond acceptors (Lipinski definition) is 6. The number of anilines is 2. The van der Waals surface area contributed by atoms with Crippen LogP contribution >= 0.6 is 0 Å². The van der Waals surface area contributed by atoms with E-state index in [2.05, 4.69) is 38.6 Å². The summed E-state index contributed by atoms with van der Waals surface area (Å²) in [5.74, 6) is 1.39. The number of pyridine rings is 2. The Hall–Kier alpha value is -4.08. The van der Waals surface area contributed by atoms with E-state index >= 15 is 0 Å². The molecule has 0 bridgehead atoms. The number of nitrogens with one attached hydrogen (secondary N) is 2. The van der Waals surface area contributed by atoms with Gasteiger partial charge in [0.05, 0.1) is 17.8 Å². The average molecular weight is 503 g/mol. The highest BCUT2D eigenvalue weighted by atomic mass is 19.1. The van der Waals surface area contributed by atoms with Crippen molar-refractivity contribution < 1.29 is 9.18 Å². The van der Waals surface area contributed by atoms with Gasteiger partial charge in [-0.05, 0) is 74.8 Å². The minimum absolute atomic E-state index is 0.118. The van der Waals surface area contributed by atoms with Gasteiger partial charge in [0.25, 0.3) is 0 Å². The van der Waals surface area contributed by atoms with Crippen LogP contribution < -0.4 is 11.1 Å². The summed E-state index contributed by atoms with van der Waals surface area (Å²) < 4.78 is 14.7. The highest BCUT2D eigenvalue weighted by molar-refractivity contribution is 5.82. The molecule has 4 heterocycles. The van der Waals surface area contributed by atoms with Crippen molar-refractivity contribution in [1.82, 2.24) is 29.9 Å². The number of carbonyl (C=O) groups is 1. The lowest BCUT2D eigenvalue weighted by Crippen LogP contribution is -2.44. The number of nitrogens with zero attached hydrogens (tertiary/aromatic N) is 5. The van der Waals surface area contributed by atoms with Crippen molar-refractivity contribution >= 4 is 17.5 Å². The number of carbonyl (C=O) groups excluding carboxylic acids is 1. The lowest BCUT2D eigenvalue weighted by atomic mass is 9.61. The van der Waals surface area contributed by atoms with Crippen LogP contribution in [0.1, 0.15) is 67.0 Å². The first-order valence-electron chi connectivity index (χ1n) is 12.5. The van der Waals surface area contributed by atoms with Crippen molar-refractivity contribution in [3.8, 4) is 5.82 Å². The number of H-pyrrole nitrogens is 1. The van der Waals surface area contributed by atoms with Gasteiger partial charge >= 0.3 is 0 Å². The minimum atomic E-state index is -0.672. The zero-order chi connectivity index (χ0) is 26.2. The predicted molar refractivity (Wildman–Crippen MR) is 138 cm³/mol. The molecule has 0 unspecified atom stereocenters. The van der Waals surface area contributed by atoms with Gasteiger partial charge in [-0.2, -0.15) is 10.2 Å². The fraction of sp³-hybridized carbons (Fsp3) is 0.370. The number of aromatic nitrogens is 6. The van der Waals surface area contributed by atoms with Crippen LogP contribution in [0.15, 0.2) is 48.9 Å². The second-order valence-corrected chi connectivity index (χ2v) is 10.1. The number of hydrogen-bond donors (Lipinski definition) is 3. The molecule has 0 aliphatic heterocycles. The molecule has 4 aromatic heterocycles. The van der Waals surface area contributed by atoms with Gasteiger partial charge in [0, 0.05) is 29.6 Å². The maximum Gasteiger partial charge on any atom is 0.224 e. The van der Waals surface area contributed by atoms with E-state index in [-0.39, 0.29) is 17.7 Å². The van der Waals surface area contributed by atoms with Crippen molar-refractivity contribution in [2.75, 3.05) is 5.32 Å². The van der Waals surface area contributed by atoms with Crippen LogP contribution in [-0.4, -0.2) is 35.9 Å². The predicted octanol–water partition coefficient (Wildman–Crippen LogP) is 4.82. The third-order valence-corrected chi connectivity index (χ3v) is 7.62. The van der Waals surface area contributed by atoms with E-state index in [4.69, 9.17) is 10.7 Å². The van der Waals surface area contributed by atoms with Crippen LogP contribution in [0.2, 0.25) is 0 Å². The summed E-state index contributed by atoms with van der Waals surface area (Å²) in [6.07, 6.45) is 7.08. The molecule has 37 heavy (non-hydrogen) atoms. The number of aryl methyl sites for hydroxylation is 2. The van der Waals surface area contributed by atoms with Crippen LogP contribution in [0.5, 0.6) is 0 Å². The lowest BCUT2D eigenvalue weighted by Gasteiger charge is -2.42. The fourth-order valence-electron chi connectivity index (χ4n) is 5.44. The molecular formula is C27H31FN8O. The summed E-state index contributed by atoms with van der Waals surface area (Å²) >= 11 is 0. The first-order chi connectivity index (χ1) is 17.7. The van der Waals surface area contributed by atoms with E-state index in [0.717, 1.165) is 53.2 Å². The monoisotopic (exact) mass is 502 g/mol. The molecule has 0 aromatic carbocycles. The van der Waals surface area contributed by atoms with Gasteiger partial charge in [0.15, 0.2) is 17.5 Å². The molecule has 5 rings (SSSR count). The van der Waals surface area contributed by atoms with Crippen molar-refractivity contribution in [3.05, 3.63) is 77.3 Å². The first kappa shape index (κ1) is 24.6. The van der Waals surface area contributed by atoms with E-state index in [0.29, 0.717) is 18.7 Å². The zero-order valence-electron chi connectivity index (χ0n) is 21.2. The topological polar surface area (TPSA) is 127 Å². The van der Waals surface area contributed by atoms with Gasteiger partial charge in [-0.25, -0.2) is 19.0 Å². The van der Waals surface area contributed by atoms with Crippen molar-refractivity contribution in [1.29, 1.82) is 0 Å². The lowest BCUT2D eigenvalue weighted by molar-refractivity contribution is -0.131. The van der Waals surface area contributed by atoms with Crippen LogP contribution in [0.25, 0.3) is 5.82 Å². The quantitative estimate of drug-likeness (QED) is 0.333. The highest BCUT2D eigenvalue weighted by Crippen LogP contribution is 2.50. The Morgan fingerprint density at radius 1 is 1.19 bits per heavy atom. The number of nitrogens with two attached hydrogens (primary N) is 1. The standard InChI is InChI=1S/C27H31FN8O/c1-16-10-22(32-23(11-16)33-24-12-17(2)34-35-24)19-6-8-27(9-7-19,26(29)37)18(3)20-4-5-25(30-13-20)36-15-21(28)14-31-36/h4-5,10-15,18-19H,6-9H2,1-3H3,(H2,29,37)(H2,32,33,34,35)/t18-,19?,27?/m0/s1. The van der Waals surface area contributed by atoms with Crippen LogP contribution in [-0.2, 0) is 4.79 Å². The number of aromatic amines is 1. The third kappa shape index (κ3) is 4.96. The molecule has 192 valence electrons. The van der Waals surface area contributed by atoms with Gasteiger partial charge in [-0.1, -0.05) is 13.0 Å². The van der Waals surface area contributed by atoms with E-state index in [1.54, 1.807) is 12.3 Å². The summed E-state index contributed by atoms with van der Waals surface area (Å²) in [6, 6.07) is 9.75. The molecule has 4 N–H and O–H groups in total. The second kappa shape index (κ2) is 9.76. The minimum Gasteiger partial charge on any atom is -0.369 e. The van der Waals surface area contributed by atoms with E-state index in [1.807, 2.05) is 32.0 Å². The zero-order valence-corrected chi connectivity index (χ0v) is 21.2. The Balaban J connectivity index is 1.32. The van der Waals surface area contributed by atoms with E-state index < -0.39 is 11.2 Å². The van der Waals surface area contributed by atoms with Crippen molar-refractivity contribution in [2.24, 2.45) is 11.1 Å². The first-order valence-corrected chi connectivity index (χ1v) is 12.5. The Bertz CT molecular complexity index is 1400. The van der Waals surface area contributed by atoms with Crippen LogP contribution in [0.3, 0.4) is 0 Å². The molecule has 4 aromatic rings. The molecule has 0 saturated heterocycles. The molecule has 0 radical (unpaired) electrons. The smallest absolute Gasteiger partial charge is 0.224 e. The SMILES string of the molecule is Cc1cc(Nc2cc(C)[nH]n2)nc(C2CCC(C(N)=O)([C@@H](C)c3ccc(-n4cc(F)cn4)nc3)CC2)c1. The normalized spacial score (nSPS) is 20.5. The van der Waals surface area contributed by atoms with Gasteiger partial charge in [0.2, 0.25) is 5.91 Å². The largest absolute Gasteiger partial charge is 0.369 e. The summed E-state index contributed by atoms with van der Waals surface area (Å²) in [7, 11) is 0. The second-order valence-electron chi connectivity index (χ2n) is 10.1. The maximum atomic E-state index is 13.3. The molecule has 10 heteroatoms. The van der Waals surface area contributed by atoms with Crippen molar-refractivity contribution in [3.63, 3.8) is 0 Å². The third-order valence-electron chi connectivity index (χ3n) is 7.62. The summed E-state index contributed by atoms with van der Waals surface area (Å²) in [5.41, 5.74) is 9.38. The van der Waals surface area contributed by atoms with Crippen LogP contribution in [0, 0.1) is 25.1 Å². The molecule has 9 nitrogen and oxygen atoms in total. The molecular weight excluding hydrogens is 471 g/mol. The van der Waals surface area contributed by atoms with Gasteiger partial charge < -0.3 is 11.1 Å². The van der Waals surface area contributed by atoms with Gasteiger partial charge in [0.1, 0.15) is 5.82 Å². The van der Waals surface area contributed by atoms with Crippen molar-refractivity contribution in [2.45, 2.75) is 58.3 Å². The van der Waals surface area contributed by atoms with Gasteiger partial charge in [-0.15, -0.1) is 0 Å². The Morgan fingerprint density at radius 2 is 1.97 bits per heavy atom. The Kier molecular flexibility index (Phi) is 6.49. The van der Waals surface area contributed by atoms with Crippen LogP contribution in [0.4, 0.5) is 16.0 Å². The average Bonchev–Trinajstić information content (AvgIpc) is 3.51. The van der Waals surface area contributed by atoms with Gasteiger partial charge in [-0.3, -0.25) is 9.89 Å². The number of rotatable bonds is 7. The fourth-order valence-corrected chi connectivity index (χ4v) is 5.44. The number of primary amides is 1. The molecule has 1 amide bonds. The summed E-state index contributed by atoms with van der Waals surface area (Å²) in [4.78, 5) is 22.2. The molecule has 1 fully saturated rings. The number of halogens is 1. The Labute approximate surface area is 214 Å². The van der Waals surface area contributed by atoms with E-state index in [9.17, 15) is 9.18 Å².